The summed E-state index contributed by atoms with van der Waals surface area (Å²) < 4.78 is 5.79. The van der Waals surface area contributed by atoms with Crippen molar-refractivity contribution in [1.29, 1.82) is 0 Å². The number of carbonyl (C=O) groups excluding carboxylic acids is 1. The second-order valence-electron chi connectivity index (χ2n) is 7.07. The molecule has 2 aromatic rings. The maximum Gasteiger partial charge on any atom is 0.259 e. The van der Waals surface area contributed by atoms with Crippen molar-refractivity contribution in [2.24, 2.45) is 0 Å². The molecule has 1 saturated carbocycles. The second-order valence-corrected chi connectivity index (χ2v) is 7.07. The molecule has 0 bridgehead atoms. The largest absolute Gasteiger partial charge is 0.481 e. The van der Waals surface area contributed by atoms with Gasteiger partial charge >= 0.3 is 0 Å². The lowest BCUT2D eigenvalue weighted by Crippen LogP contribution is -2.29. The predicted octanol–water partition coefficient (Wildman–Crippen LogP) is 2.12. The van der Waals surface area contributed by atoms with E-state index in [9.17, 15) is 9.90 Å². The van der Waals surface area contributed by atoms with E-state index in [1.165, 1.54) is 4.90 Å². The van der Waals surface area contributed by atoms with Crippen molar-refractivity contribution in [3.63, 3.8) is 0 Å². The molecule has 1 fully saturated rings. The minimum atomic E-state index is -0.192. The summed E-state index contributed by atoms with van der Waals surface area (Å²) in [5.41, 5.74) is 1.62. The SMILES string of the molecule is Cc1ccc2cnc(NC3CCC(O)CC3)nc2c1OCC(=O)N(C)C. The fourth-order valence-corrected chi connectivity index (χ4v) is 3.09. The number of rotatable bonds is 5. The van der Waals surface area contributed by atoms with Crippen LogP contribution < -0.4 is 10.1 Å². The zero-order valence-corrected chi connectivity index (χ0v) is 15.5. The van der Waals surface area contributed by atoms with Crippen LogP contribution in [-0.4, -0.2) is 58.7 Å². The first-order valence-corrected chi connectivity index (χ1v) is 8.98. The van der Waals surface area contributed by atoms with Gasteiger partial charge in [0.1, 0.15) is 11.3 Å². The molecule has 1 aromatic heterocycles. The molecule has 140 valence electrons. The molecule has 0 spiro atoms. The van der Waals surface area contributed by atoms with Crippen LogP contribution in [0.1, 0.15) is 31.2 Å². The Bertz CT molecular complexity index is 786. The standard InChI is InChI=1S/C19H26N4O3/c1-12-4-5-13-10-20-19(21-14-6-8-15(24)9-7-14)22-17(13)18(12)26-11-16(25)23(2)3/h4-5,10,14-15,24H,6-9,11H2,1-3H3,(H,20,21,22). The van der Waals surface area contributed by atoms with Crippen LogP contribution >= 0.6 is 0 Å². The number of ether oxygens (including phenoxy) is 1. The van der Waals surface area contributed by atoms with Gasteiger partial charge in [-0.25, -0.2) is 9.97 Å². The van der Waals surface area contributed by atoms with E-state index in [0.717, 1.165) is 36.6 Å². The van der Waals surface area contributed by atoms with Crippen LogP contribution in [0.3, 0.4) is 0 Å². The number of aliphatic hydroxyl groups excluding tert-OH is 1. The van der Waals surface area contributed by atoms with Crippen LogP contribution in [0.5, 0.6) is 5.75 Å². The highest BCUT2D eigenvalue weighted by Gasteiger charge is 2.20. The summed E-state index contributed by atoms with van der Waals surface area (Å²) in [6, 6.07) is 4.16. The Kier molecular flexibility index (Phi) is 5.56. The van der Waals surface area contributed by atoms with Crippen molar-refractivity contribution in [3.8, 4) is 5.75 Å². The fraction of sp³-hybridized carbons (Fsp3) is 0.526. The summed E-state index contributed by atoms with van der Waals surface area (Å²) in [7, 11) is 3.40. The average molecular weight is 358 g/mol. The molecule has 1 aliphatic carbocycles. The van der Waals surface area contributed by atoms with E-state index in [-0.39, 0.29) is 24.7 Å². The molecule has 0 atom stereocenters. The lowest BCUT2D eigenvalue weighted by molar-refractivity contribution is -0.130. The van der Waals surface area contributed by atoms with Gasteiger partial charge in [0, 0.05) is 31.7 Å². The monoisotopic (exact) mass is 358 g/mol. The lowest BCUT2D eigenvalue weighted by Gasteiger charge is -2.26. The maximum absolute atomic E-state index is 11.9. The van der Waals surface area contributed by atoms with E-state index >= 15 is 0 Å². The first-order chi connectivity index (χ1) is 12.4. The van der Waals surface area contributed by atoms with Gasteiger partial charge in [-0.2, -0.15) is 0 Å². The Morgan fingerprint density at radius 3 is 2.73 bits per heavy atom. The number of anilines is 1. The van der Waals surface area contributed by atoms with Gasteiger partial charge in [-0.3, -0.25) is 4.79 Å². The Morgan fingerprint density at radius 2 is 2.04 bits per heavy atom. The molecular formula is C19H26N4O3. The minimum Gasteiger partial charge on any atom is -0.481 e. The first kappa shape index (κ1) is 18.4. The molecule has 26 heavy (non-hydrogen) atoms. The number of aliphatic hydroxyl groups is 1. The number of amides is 1. The van der Waals surface area contributed by atoms with Crippen molar-refractivity contribution in [3.05, 3.63) is 23.9 Å². The number of nitrogens with zero attached hydrogens (tertiary/aromatic N) is 3. The number of carbonyl (C=O) groups is 1. The minimum absolute atomic E-state index is 0.0275. The Balaban J connectivity index is 1.82. The quantitative estimate of drug-likeness (QED) is 0.851. The van der Waals surface area contributed by atoms with E-state index in [2.05, 4.69) is 15.3 Å². The predicted molar refractivity (Wildman–Crippen MR) is 100 cm³/mol. The van der Waals surface area contributed by atoms with Gasteiger partial charge in [-0.05, 0) is 38.2 Å². The first-order valence-electron chi connectivity index (χ1n) is 8.98. The number of fused-ring (bicyclic) bond motifs is 1. The zero-order valence-electron chi connectivity index (χ0n) is 15.5. The third kappa shape index (κ3) is 4.22. The molecule has 7 heteroatoms. The zero-order chi connectivity index (χ0) is 18.7. The van der Waals surface area contributed by atoms with E-state index < -0.39 is 0 Å². The maximum atomic E-state index is 11.9. The van der Waals surface area contributed by atoms with Gasteiger partial charge in [0.05, 0.1) is 6.10 Å². The number of benzene rings is 1. The van der Waals surface area contributed by atoms with Crippen LogP contribution in [0, 0.1) is 6.92 Å². The van der Waals surface area contributed by atoms with Crippen LogP contribution in [0.15, 0.2) is 18.3 Å². The highest BCUT2D eigenvalue weighted by Crippen LogP contribution is 2.29. The van der Waals surface area contributed by atoms with Crippen molar-refractivity contribution in [2.45, 2.75) is 44.8 Å². The van der Waals surface area contributed by atoms with Crippen LogP contribution in [0.4, 0.5) is 5.95 Å². The van der Waals surface area contributed by atoms with Gasteiger partial charge < -0.3 is 20.1 Å². The van der Waals surface area contributed by atoms with Crippen molar-refractivity contribution in [1.82, 2.24) is 14.9 Å². The van der Waals surface area contributed by atoms with E-state index in [1.807, 2.05) is 19.1 Å². The third-order valence-electron chi connectivity index (χ3n) is 4.77. The molecule has 1 heterocycles. The Labute approximate surface area is 153 Å². The molecule has 0 aliphatic heterocycles. The van der Waals surface area contributed by atoms with E-state index in [4.69, 9.17) is 4.74 Å². The summed E-state index contributed by atoms with van der Waals surface area (Å²) >= 11 is 0. The highest BCUT2D eigenvalue weighted by atomic mass is 16.5. The second kappa shape index (κ2) is 7.86. The molecule has 1 aromatic carbocycles. The van der Waals surface area contributed by atoms with Crippen molar-refractivity contribution >= 4 is 22.8 Å². The fourth-order valence-electron chi connectivity index (χ4n) is 3.09. The molecular weight excluding hydrogens is 332 g/mol. The van der Waals surface area contributed by atoms with Gasteiger partial charge in [0.25, 0.3) is 5.91 Å². The van der Waals surface area contributed by atoms with Crippen molar-refractivity contribution < 1.29 is 14.6 Å². The summed E-state index contributed by atoms with van der Waals surface area (Å²) in [6.45, 7) is 1.91. The average Bonchev–Trinajstić information content (AvgIpc) is 2.62. The molecule has 7 nitrogen and oxygen atoms in total. The van der Waals surface area contributed by atoms with E-state index in [1.54, 1.807) is 20.3 Å². The molecule has 0 saturated heterocycles. The summed E-state index contributed by atoms with van der Waals surface area (Å²) in [5.74, 6) is 1.06. The summed E-state index contributed by atoms with van der Waals surface area (Å²) in [5, 5.41) is 13.9. The normalized spacial score (nSPS) is 20.0. The number of aryl methyl sites for hydroxylation is 1. The Hall–Kier alpha value is -2.41. The molecule has 1 amide bonds. The molecule has 3 rings (SSSR count). The summed E-state index contributed by atoms with van der Waals surface area (Å²) in [6.07, 6.45) is 4.97. The number of aromatic nitrogens is 2. The smallest absolute Gasteiger partial charge is 0.259 e. The van der Waals surface area contributed by atoms with Crippen LogP contribution in [0.2, 0.25) is 0 Å². The number of hydrogen-bond donors (Lipinski definition) is 2. The van der Waals surface area contributed by atoms with Gasteiger partial charge in [0.2, 0.25) is 5.95 Å². The van der Waals surface area contributed by atoms with E-state index in [0.29, 0.717) is 17.2 Å². The van der Waals surface area contributed by atoms with Crippen molar-refractivity contribution in [2.75, 3.05) is 26.0 Å². The van der Waals surface area contributed by atoms with Crippen LogP contribution in [0.25, 0.3) is 10.9 Å². The van der Waals surface area contributed by atoms with Gasteiger partial charge in [0.15, 0.2) is 6.61 Å². The summed E-state index contributed by atoms with van der Waals surface area (Å²) in [4.78, 5) is 22.4. The van der Waals surface area contributed by atoms with Gasteiger partial charge in [-0.1, -0.05) is 12.1 Å². The van der Waals surface area contributed by atoms with Crippen LogP contribution in [-0.2, 0) is 4.79 Å². The topological polar surface area (TPSA) is 87.6 Å². The lowest BCUT2D eigenvalue weighted by atomic mass is 9.93. The Morgan fingerprint density at radius 1 is 1.31 bits per heavy atom. The molecule has 0 radical (unpaired) electrons. The highest BCUT2D eigenvalue weighted by molar-refractivity contribution is 5.86. The molecule has 0 unspecified atom stereocenters. The molecule has 2 N–H and O–H groups in total. The number of nitrogens with one attached hydrogen (secondary N) is 1. The number of likely N-dealkylation sites (N-methyl/N-ethyl adjacent to an activating group) is 1. The molecule has 1 aliphatic rings. The number of hydrogen-bond acceptors (Lipinski definition) is 6. The van der Waals surface area contributed by atoms with Gasteiger partial charge in [-0.15, -0.1) is 0 Å². The third-order valence-corrected chi connectivity index (χ3v) is 4.77.